The summed E-state index contributed by atoms with van der Waals surface area (Å²) in [5.74, 6) is 0.962. The van der Waals surface area contributed by atoms with Gasteiger partial charge >= 0.3 is 0 Å². The second-order valence-electron chi connectivity index (χ2n) is 3.41. The van der Waals surface area contributed by atoms with E-state index >= 15 is 0 Å². The monoisotopic (exact) mass is 214 g/mol. The van der Waals surface area contributed by atoms with Gasteiger partial charge in [-0.15, -0.1) is 0 Å². The molecule has 15 heavy (non-hydrogen) atoms. The van der Waals surface area contributed by atoms with Crippen LogP contribution in [0.4, 0.5) is 0 Å². The van der Waals surface area contributed by atoms with Crippen LogP contribution in [0.25, 0.3) is 16.8 Å². The lowest BCUT2D eigenvalue weighted by Crippen LogP contribution is -1.94. The Kier molecular flexibility index (Phi) is 2.88. The average molecular weight is 214 g/mol. The summed E-state index contributed by atoms with van der Waals surface area (Å²) in [6.07, 6.45) is 2.71. The van der Waals surface area contributed by atoms with Crippen LogP contribution in [-0.2, 0) is 0 Å². The summed E-state index contributed by atoms with van der Waals surface area (Å²) in [5.41, 5.74) is 1.15. The van der Waals surface area contributed by atoms with E-state index in [1.807, 2.05) is 12.1 Å². The number of hydrogen-bond donors (Lipinski definition) is 0. The van der Waals surface area contributed by atoms with Gasteiger partial charge in [0.1, 0.15) is 5.75 Å². The molecule has 0 heterocycles. The molecule has 0 aromatic heterocycles. The summed E-state index contributed by atoms with van der Waals surface area (Å²) >= 11 is 0. The second-order valence-corrected chi connectivity index (χ2v) is 3.98. The minimum Gasteiger partial charge on any atom is -0.498 e. The zero-order chi connectivity index (χ0) is 10.7. The van der Waals surface area contributed by atoms with E-state index in [-0.39, 0.29) is 0 Å². The molecule has 2 rings (SSSR count). The predicted molar refractivity (Wildman–Crippen MR) is 69.5 cm³/mol. The van der Waals surface area contributed by atoms with E-state index in [2.05, 4.69) is 36.9 Å². The summed E-state index contributed by atoms with van der Waals surface area (Å²) in [5, 5.41) is 2.45. The Morgan fingerprint density at radius 2 is 1.87 bits per heavy atom. The van der Waals surface area contributed by atoms with Crippen molar-refractivity contribution in [3.8, 4) is 5.75 Å². The normalized spacial score (nSPS) is 10.4. The van der Waals surface area contributed by atoms with Crippen LogP contribution in [0.3, 0.4) is 0 Å². The van der Waals surface area contributed by atoms with Gasteiger partial charge in [0.25, 0.3) is 0 Å². The van der Waals surface area contributed by atoms with Gasteiger partial charge in [0, 0.05) is 0 Å². The fourth-order valence-electron chi connectivity index (χ4n) is 1.63. The van der Waals surface area contributed by atoms with E-state index in [4.69, 9.17) is 4.74 Å². The van der Waals surface area contributed by atoms with Crippen molar-refractivity contribution in [2.45, 2.75) is 0 Å². The Hall–Kier alpha value is -1.54. The fraction of sp³-hybridized carbons (Fsp3) is 0.0769. The molecule has 76 valence electrons. The van der Waals surface area contributed by atoms with Crippen LogP contribution in [0.15, 0.2) is 43.0 Å². The standard InChI is InChI=1S/C13H14OSi/c1-2-10-3-4-12-8-13(14-9-15)6-5-11(12)7-10/h2-8H,1,9H2,15H3. The fourth-order valence-corrected chi connectivity index (χ4v) is 1.96. The van der Waals surface area contributed by atoms with Crippen molar-refractivity contribution in [3.05, 3.63) is 48.5 Å². The maximum Gasteiger partial charge on any atom is 0.119 e. The maximum absolute atomic E-state index is 5.51. The summed E-state index contributed by atoms with van der Waals surface area (Å²) < 4.78 is 5.51. The third kappa shape index (κ3) is 2.10. The predicted octanol–water partition coefficient (Wildman–Crippen LogP) is 2.18. The Labute approximate surface area is 92.8 Å². The highest BCUT2D eigenvalue weighted by Gasteiger charge is 1.97. The van der Waals surface area contributed by atoms with Crippen LogP contribution in [0, 0.1) is 0 Å². The number of benzene rings is 2. The number of rotatable bonds is 3. The first-order chi connectivity index (χ1) is 7.33. The third-order valence-corrected chi connectivity index (χ3v) is 2.67. The van der Waals surface area contributed by atoms with E-state index in [0.29, 0.717) is 0 Å². The van der Waals surface area contributed by atoms with Gasteiger partial charge in [-0.2, -0.15) is 0 Å². The van der Waals surface area contributed by atoms with Crippen LogP contribution in [0.1, 0.15) is 5.56 Å². The van der Waals surface area contributed by atoms with Gasteiger partial charge in [0.05, 0.1) is 16.5 Å². The molecule has 0 radical (unpaired) electrons. The molecular weight excluding hydrogens is 200 g/mol. The molecule has 0 saturated carbocycles. The van der Waals surface area contributed by atoms with Crippen LogP contribution >= 0.6 is 0 Å². The third-order valence-electron chi connectivity index (χ3n) is 2.38. The molecule has 1 nitrogen and oxygen atoms in total. The molecular formula is C13H14OSi. The second kappa shape index (κ2) is 4.32. The molecule has 2 aromatic rings. The molecule has 2 aromatic carbocycles. The molecule has 0 aliphatic carbocycles. The van der Waals surface area contributed by atoms with E-state index in [1.165, 1.54) is 10.8 Å². The smallest absolute Gasteiger partial charge is 0.119 e. The highest BCUT2D eigenvalue weighted by atomic mass is 28.1. The van der Waals surface area contributed by atoms with Crippen LogP contribution in [0.5, 0.6) is 5.75 Å². The molecule has 0 N–H and O–H groups in total. The molecule has 2 heteroatoms. The molecule has 0 unspecified atom stereocenters. The average Bonchev–Trinajstić information content (AvgIpc) is 2.29. The molecule has 0 aliphatic heterocycles. The van der Waals surface area contributed by atoms with E-state index in [0.717, 1.165) is 27.8 Å². The van der Waals surface area contributed by atoms with Gasteiger partial charge < -0.3 is 4.74 Å². The Morgan fingerprint density at radius 1 is 1.13 bits per heavy atom. The molecule has 0 amide bonds. The first-order valence-corrected chi connectivity index (χ1v) is 6.54. The van der Waals surface area contributed by atoms with Crippen molar-refractivity contribution in [2.75, 3.05) is 6.23 Å². The zero-order valence-electron chi connectivity index (χ0n) is 8.86. The van der Waals surface area contributed by atoms with Gasteiger partial charge in [-0.1, -0.05) is 30.9 Å². The lowest BCUT2D eigenvalue weighted by molar-refractivity contribution is 0.388. The molecule has 0 bridgehead atoms. The maximum atomic E-state index is 5.51. The van der Waals surface area contributed by atoms with Crippen molar-refractivity contribution in [3.63, 3.8) is 0 Å². The van der Waals surface area contributed by atoms with Gasteiger partial charge in [-0.3, -0.25) is 0 Å². The molecule has 0 spiro atoms. The Balaban J connectivity index is 2.49. The van der Waals surface area contributed by atoms with Crippen LogP contribution in [-0.4, -0.2) is 16.5 Å². The molecule has 0 fully saturated rings. The zero-order valence-corrected chi connectivity index (χ0v) is 10.9. The van der Waals surface area contributed by atoms with Crippen molar-refractivity contribution in [1.29, 1.82) is 0 Å². The van der Waals surface area contributed by atoms with E-state index < -0.39 is 0 Å². The van der Waals surface area contributed by atoms with Crippen molar-refractivity contribution < 1.29 is 4.74 Å². The minimum absolute atomic E-state index is 0.844. The number of fused-ring (bicyclic) bond motifs is 1. The quantitative estimate of drug-likeness (QED) is 0.712. The van der Waals surface area contributed by atoms with Crippen LogP contribution in [0.2, 0.25) is 0 Å². The lowest BCUT2D eigenvalue weighted by Gasteiger charge is -2.05. The van der Waals surface area contributed by atoms with Gasteiger partial charge in [0.2, 0.25) is 0 Å². The summed E-state index contributed by atoms with van der Waals surface area (Å²) in [6.45, 7) is 3.76. The van der Waals surface area contributed by atoms with E-state index in [9.17, 15) is 0 Å². The molecule has 0 atom stereocenters. The first-order valence-electron chi connectivity index (χ1n) is 5.12. The largest absolute Gasteiger partial charge is 0.498 e. The summed E-state index contributed by atoms with van der Waals surface area (Å²) in [7, 11) is 1.07. The highest BCUT2D eigenvalue weighted by molar-refractivity contribution is 6.08. The minimum atomic E-state index is 0.844. The highest BCUT2D eigenvalue weighted by Crippen LogP contribution is 2.22. The van der Waals surface area contributed by atoms with Crippen LogP contribution < -0.4 is 4.74 Å². The van der Waals surface area contributed by atoms with Crippen molar-refractivity contribution in [1.82, 2.24) is 0 Å². The molecule has 0 saturated heterocycles. The SMILES string of the molecule is C=Cc1ccc2cc(OC[SiH3])ccc2c1. The summed E-state index contributed by atoms with van der Waals surface area (Å²) in [6, 6.07) is 12.5. The number of hydrogen-bond acceptors (Lipinski definition) is 1. The van der Waals surface area contributed by atoms with Gasteiger partial charge in [0.15, 0.2) is 0 Å². The molecule has 0 aliphatic rings. The number of ether oxygens (including phenoxy) is 1. The van der Waals surface area contributed by atoms with E-state index in [1.54, 1.807) is 0 Å². The summed E-state index contributed by atoms with van der Waals surface area (Å²) in [4.78, 5) is 0. The van der Waals surface area contributed by atoms with Gasteiger partial charge in [-0.25, -0.2) is 0 Å². The Morgan fingerprint density at radius 3 is 2.60 bits per heavy atom. The van der Waals surface area contributed by atoms with Crippen molar-refractivity contribution >= 4 is 27.1 Å². The Bertz CT molecular complexity index is 491. The topological polar surface area (TPSA) is 9.23 Å². The van der Waals surface area contributed by atoms with Crippen molar-refractivity contribution in [2.24, 2.45) is 0 Å². The first kappa shape index (κ1) is 9.99. The lowest BCUT2D eigenvalue weighted by atomic mass is 10.1. The van der Waals surface area contributed by atoms with Gasteiger partial charge in [-0.05, 0) is 34.5 Å².